The van der Waals surface area contributed by atoms with E-state index >= 15 is 0 Å². The van der Waals surface area contributed by atoms with Gasteiger partial charge in [-0.1, -0.05) is 32.0 Å². The number of aromatic amines is 1. The van der Waals surface area contributed by atoms with Crippen molar-refractivity contribution in [3.05, 3.63) is 36.0 Å². The molecule has 1 heterocycles. The largest absolute Gasteiger partial charge is 0.480 e. The average molecular weight is 431 g/mol. The number of hydrogen-bond acceptors (Lipinski definition) is 5. The van der Waals surface area contributed by atoms with E-state index < -0.39 is 42.3 Å². The molecule has 10 nitrogen and oxygen atoms in total. The molecule has 2 unspecified atom stereocenters. The Morgan fingerprint density at radius 1 is 1.06 bits per heavy atom. The normalized spacial score (nSPS) is 12.9. The minimum atomic E-state index is -1.20. The number of H-pyrrole nitrogens is 1. The maximum Gasteiger partial charge on any atom is 0.322 e. The Morgan fingerprint density at radius 2 is 1.74 bits per heavy atom. The number of carbonyl (C=O) groups is 4. The van der Waals surface area contributed by atoms with Crippen LogP contribution in [0.2, 0.25) is 0 Å². The Balaban J connectivity index is 2.04. The number of carboxylic acids is 1. The number of aromatic nitrogens is 1. The number of carboxylic acid groups (broad SMARTS) is 1. The molecule has 31 heavy (non-hydrogen) atoms. The highest BCUT2D eigenvalue weighted by molar-refractivity contribution is 5.93. The first-order chi connectivity index (χ1) is 14.7. The predicted octanol–water partition coefficient (Wildman–Crippen LogP) is -0.114. The van der Waals surface area contributed by atoms with Crippen molar-refractivity contribution in [2.24, 2.45) is 11.7 Å². The maximum absolute atomic E-state index is 12.5. The monoisotopic (exact) mass is 431 g/mol. The van der Waals surface area contributed by atoms with E-state index in [1.54, 1.807) is 6.20 Å². The van der Waals surface area contributed by atoms with Gasteiger partial charge in [0.15, 0.2) is 0 Å². The van der Waals surface area contributed by atoms with Crippen molar-refractivity contribution in [2.75, 3.05) is 13.1 Å². The summed E-state index contributed by atoms with van der Waals surface area (Å²) < 4.78 is 0. The van der Waals surface area contributed by atoms with Gasteiger partial charge in [0, 0.05) is 23.5 Å². The smallest absolute Gasteiger partial charge is 0.322 e. The highest BCUT2D eigenvalue weighted by atomic mass is 16.4. The third kappa shape index (κ3) is 7.41. The van der Waals surface area contributed by atoms with Crippen LogP contribution < -0.4 is 21.7 Å². The van der Waals surface area contributed by atoms with Gasteiger partial charge in [0.2, 0.25) is 17.7 Å². The molecular weight excluding hydrogens is 402 g/mol. The molecule has 0 bridgehead atoms. The highest BCUT2D eigenvalue weighted by Gasteiger charge is 2.24. The summed E-state index contributed by atoms with van der Waals surface area (Å²) in [7, 11) is 0. The zero-order valence-corrected chi connectivity index (χ0v) is 17.6. The Labute approximate surface area is 179 Å². The standard InChI is InChI=1S/C21H29N5O5/c1-12(2)7-15(22)20(30)24-10-18(27)26-17(21(31)25-11-19(28)29)8-13-9-23-16-6-4-3-5-14(13)16/h3-6,9,12,15,17,23H,7-8,10-11,22H2,1-2H3,(H,24,30)(H,25,31)(H,26,27)(H,28,29). The molecule has 0 saturated heterocycles. The molecule has 1 aromatic heterocycles. The SMILES string of the molecule is CC(C)CC(N)C(=O)NCC(=O)NC(Cc1c[nH]c2ccccc12)C(=O)NCC(=O)O. The molecule has 0 fully saturated rings. The minimum absolute atomic E-state index is 0.141. The van der Waals surface area contributed by atoms with Crippen LogP contribution in [0.15, 0.2) is 30.5 Å². The van der Waals surface area contributed by atoms with E-state index in [1.807, 2.05) is 38.1 Å². The van der Waals surface area contributed by atoms with Gasteiger partial charge in [0.25, 0.3) is 0 Å². The van der Waals surface area contributed by atoms with E-state index in [4.69, 9.17) is 10.8 Å². The zero-order chi connectivity index (χ0) is 23.0. The fraction of sp³-hybridized carbons (Fsp3) is 0.429. The van der Waals surface area contributed by atoms with Crippen molar-refractivity contribution in [3.8, 4) is 0 Å². The van der Waals surface area contributed by atoms with Crippen LogP contribution in [0.3, 0.4) is 0 Å². The van der Waals surface area contributed by atoms with Gasteiger partial charge in [-0.3, -0.25) is 19.2 Å². The Hall–Kier alpha value is -3.40. The van der Waals surface area contributed by atoms with E-state index in [-0.39, 0.29) is 18.9 Å². The molecule has 168 valence electrons. The first-order valence-corrected chi connectivity index (χ1v) is 10.0. The first-order valence-electron chi connectivity index (χ1n) is 10.0. The minimum Gasteiger partial charge on any atom is -0.480 e. The second-order valence-corrected chi connectivity index (χ2v) is 7.75. The van der Waals surface area contributed by atoms with Crippen molar-refractivity contribution >= 4 is 34.6 Å². The second kappa shape index (κ2) is 11.1. The molecule has 7 N–H and O–H groups in total. The fourth-order valence-corrected chi connectivity index (χ4v) is 3.17. The molecule has 0 radical (unpaired) electrons. The van der Waals surface area contributed by atoms with Crippen LogP contribution in [0.1, 0.15) is 25.8 Å². The molecule has 0 spiro atoms. The summed E-state index contributed by atoms with van der Waals surface area (Å²) in [5.74, 6) is -2.64. The number of hydrogen-bond donors (Lipinski definition) is 6. The van der Waals surface area contributed by atoms with Crippen LogP contribution in [0.25, 0.3) is 10.9 Å². The lowest BCUT2D eigenvalue weighted by molar-refractivity contribution is -0.138. The number of nitrogens with one attached hydrogen (secondary N) is 4. The third-order valence-electron chi connectivity index (χ3n) is 4.65. The molecule has 1 aromatic carbocycles. The number of nitrogens with two attached hydrogens (primary N) is 1. The number of aliphatic carboxylic acids is 1. The van der Waals surface area contributed by atoms with Crippen molar-refractivity contribution < 1.29 is 24.3 Å². The van der Waals surface area contributed by atoms with Gasteiger partial charge in [-0.05, 0) is 24.0 Å². The molecule has 3 amide bonds. The van der Waals surface area contributed by atoms with E-state index in [0.717, 1.165) is 16.5 Å². The van der Waals surface area contributed by atoms with Gasteiger partial charge in [-0.15, -0.1) is 0 Å². The van der Waals surface area contributed by atoms with Crippen LogP contribution in [0.5, 0.6) is 0 Å². The molecule has 0 saturated carbocycles. The van der Waals surface area contributed by atoms with E-state index in [2.05, 4.69) is 20.9 Å². The zero-order valence-electron chi connectivity index (χ0n) is 17.6. The van der Waals surface area contributed by atoms with Crippen molar-refractivity contribution in [2.45, 2.75) is 38.8 Å². The topological polar surface area (TPSA) is 166 Å². The summed E-state index contributed by atoms with van der Waals surface area (Å²) in [6.07, 6.45) is 2.36. The van der Waals surface area contributed by atoms with Gasteiger partial charge in [-0.2, -0.15) is 0 Å². The van der Waals surface area contributed by atoms with Gasteiger partial charge in [-0.25, -0.2) is 0 Å². The number of fused-ring (bicyclic) bond motifs is 1. The van der Waals surface area contributed by atoms with Crippen LogP contribution in [0, 0.1) is 5.92 Å². The van der Waals surface area contributed by atoms with Crippen LogP contribution >= 0.6 is 0 Å². The number of para-hydroxylation sites is 1. The number of benzene rings is 1. The maximum atomic E-state index is 12.5. The summed E-state index contributed by atoms with van der Waals surface area (Å²) in [4.78, 5) is 50.8. The summed E-state index contributed by atoms with van der Waals surface area (Å²) in [6.45, 7) is 2.96. The third-order valence-corrected chi connectivity index (χ3v) is 4.65. The first kappa shape index (κ1) is 23.9. The molecule has 10 heteroatoms. The Bertz CT molecular complexity index is 939. The van der Waals surface area contributed by atoms with Crippen LogP contribution in [0.4, 0.5) is 0 Å². The molecule has 2 atom stereocenters. The summed E-state index contributed by atoms with van der Waals surface area (Å²) in [5, 5.41) is 17.0. The Kier molecular flexibility index (Phi) is 8.56. The quantitative estimate of drug-likeness (QED) is 0.290. The van der Waals surface area contributed by atoms with E-state index in [1.165, 1.54) is 0 Å². The average Bonchev–Trinajstić information content (AvgIpc) is 3.12. The van der Waals surface area contributed by atoms with E-state index in [9.17, 15) is 19.2 Å². The lowest BCUT2D eigenvalue weighted by atomic mass is 10.0. The number of rotatable bonds is 11. The fourth-order valence-electron chi connectivity index (χ4n) is 3.17. The predicted molar refractivity (Wildman–Crippen MR) is 115 cm³/mol. The highest BCUT2D eigenvalue weighted by Crippen LogP contribution is 2.19. The molecule has 2 aromatic rings. The van der Waals surface area contributed by atoms with Crippen molar-refractivity contribution in [1.29, 1.82) is 0 Å². The number of amides is 3. The Morgan fingerprint density at radius 3 is 2.42 bits per heavy atom. The van der Waals surface area contributed by atoms with Gasteiger partial charge >= 0.3 is 5.97 Å². The summed E-state index contributed by atoms with van der Waals surface area (Å²) in [6, 6.07) is 5.74. The molecular formula is C21H29N5O5. The second-order valence-electron chi connectivity index (χ2n) is 7.75. The lowest BCUT2D eigenvalue weighted by Crippen LogP contribution is -2.52. The van der Waals surface area contributed by atoms with Crippen LogP contribution in [-0.4, -0.2) is 59.0 Å². The summed E-state index contributed by atoms with van der Waals surface area (Å²) in [5.41, 5.74) is 7.46. The molecule has 2 rings (SSSR count). The molecule has 0 aliphatic heterocycles. The summed E-state index contributed by atoms with van der Waals surface area (Å²) >= 11 is 0. The molecule has 0 aliphatic carbocycles. The van der Waals surface area contributed by atoms with Gasteiger partial charge in [0.05, 0.1) is 12.6 Å². The van der Waals surface area contributed by atoms with Gasteiger partial charge in [0.1, 0.15) is 12.6 Å². The van der Waals surface area contributed by atoms with E-state index in [0.29, 0.717) is 6.42 Å². The molecule has 0 aliphatic rings. The number of carbonyl (C=O) groups excluding carboxylic acids is 3. The van der Waals surface area contributed by atoms with Crippen molar-refractivity contribution in [1.82, 2.24) is 20.9 Å². The lowest BCUT2D eigenvalue weighted by Gasteiger charge is -2.19. The van der Waals surface area contributed by atoms with Gasteiger partial charge < -0.3 is 31.8 Å². The van der Waals surface area contributed by atoms with Crippen LogP contribution in [-0.2, 0) is 25.6 Å². The van der Waals surface area contributed by atoms with Crippen molar-refractivity contribution in [3.63, 3.8) is 0 Å².